The van der Waals surface area contributed by atoms with Crippen LogP contribution in [0.3, 0.4) is 0 Å². The lowest BCUT2D eigenvalue weighted by molar-refractivity contribution is -0.0629. The lowest BCUT2D eigenvalue weighted by Gasteiger charge is -2.17. The summed E-state index contributed by atoms with van der Waals surface area (Å²) in [5.74, 6) is -0.472. The summed E-state index contributed by atoms with van der Waals surface area (Å²) in [6, 6.07) is 3.26. The number of halogens is 2. The standard InChI is InChI=1S/C23H28F2N6O4S/c1-2-7-36-23-27-21(26-15-9-12(15)11-3-4-13(24)14(25)8-11)18-22(28-23)31(30-29-18)16-10-17(35-6-5-32)20(34)19(16)33/h3-4,8,12,15-17,19-20,32-34H,2,5-7,9-10H2,1H3,(H,26,27,28)/t12-,15-,16-,17+,19+,20+/m1/s1. The van der Waals surface area contributed by atoms with Crippen molar-refractivity contribution in [3.05, 3.63) is 35.4 Å². The topological polar surface area (TPSA) is 138 Å². The molecule has 0 bridgehead atoms. The Morgan fingerprint density at radius 3 is 2.75 bits per heavy atom. The third-order valence-corrected chi connectivity index (χ3v) is 7.61. The molecule has 5 rings (SSSR count). The zero-order valence-corrected chi connectivity index (χ0v) is 20.4. The molecule has 10 nitrogen and oxygen atoms in total. The molecule has 0 amide bonds. The molecule has 13 heteroatoms. The number of nitrogens with zero attached hydrogens (tertiary/aromatic N) is 5. The quantitative estimate of drug-likeness (QED) is 0.231. The molecule has 2 saturated carbocycles. The van der Waals surface area contributed by atoms with Crippen LogP contribution >= 0.6 is 11.8 Å². The van der Waals surface area contributed by atoms with Gasteiger partial charge in [0.1, 0.15) is 12.2 Å². The number of aliphatic hydroxyl groups is 3. The Balaban J connectivity index is 1.43. The van der Waals surface area contributed by atoms with E-state index in [1.54, 1.807) is 6.07 Å². The van der Waals surface area contributed by atoms with Crippen LogP contribution < -0.4 is 5.32 Å². The van der Waals surface area contributed by atoms with Crippen molar-refractivity contribution in [3.8, 4) is 0 Å². The first-order valence-corrected chi connectivity index (χ1v) is 13.0. The van der Waals surface area contributed by atoms with Gasteiger partial charge in [-0.3, -0.25) is 0 Å². The molecule has 2 heterocycles. The van der Waals surface area contributed by atoms with Gasteiger partial charge in [-0.05, 0) is 30.5 Å². The Morgan fingerprint density at radius 2 is 2.00 bits per heavy atom. The third-order valence-electron chi connectivity index (χ3n) is 6.56. The van der Waals surface area contributed by atoms with Crippen LogP contribution in [-0.2, 0) is 4.74 Å². The van der Waals surface area contributed by atoms with E-state index in [0.29, 0.717) is 27.7 Å². The number of aliphatic hydroxyl groups excluding tert-OH is 3. The van der Waals surface area contributed by atoms with Gasteiger partial charge in [-0.2, -0.15) is 0 Å². The van der Waals surface area contributed by atoms with E-state index in [2.05, 4.69) is 32.5 Å². The fraction of sp³-hybridized carbons (Fsp3) is 0.565. The predicted octanol–water partition coefficient (Wildman–Crippen LogP) is 2.01. The summed E-state index contributed by atoms with van der Waals surface area (Å²) in [5, 5.41) is 42.5. The fourth-order valence-electron chi connectivity index (χ4n) is 4.61. The van der Waals surface area contributed by atoms with E-state index in [4.69, 9.17) is 9.84 Å². The molecular formula is C23H28F2N6O4S. The lowest BCUT2D eigenvalue weighted by Crippen LogP contribution is -2.33. The van der Waals surface area contributed by atoms with Crippen molar-refractivity contribution in [2.45, 2.75) is 67.7 Å². The number of benzene rings is 1. The van der Waals surface area contributed by atoms with Crippen molar-refractivity contribution in [1.29, 1.82) is 0 Å². The normalized spacial score (nSPS) is 27.6. The van der Waals surface area contributed by atoms with Gasteiger partial charge in [0.2, 0.25) is 0 Å². The molecule has 2 aliphatic carbocycles. The predicted molar refractivity (Wildman–Crippen MR) is 128 cm³/mol. The number of nitrogens with one attached hydrogen (secondary N) is 1. The number of aromatic nitrogens is 5. The summed E-state index contributed by atoms with van der Waals surface area (Å²) in [7, 11) is 0. The van der Waals surface area contributed by atoms with Crippen molar-refractivity contribution in [2.24, 2.45) is 0 Å². The number of rotatable bonds is 10. The number of ether oxygens (including phenoxy) is 1. The zero-order chi connectivity index (χ0) is 25.4. The van der Waals surface area contributed by atoms with Gasteiger partial charge >= 0.3 is 0 Å². The maximum atomic E-state index is 13.7. The molecule has 2 aromatic heterocycles. The maximum absolute atomic E-state index is 13.7. The van der Waals surface area contributed by atoms with Gasteiger partial charge in [0.05, 0.1) is 25.4 Å². The van der Waals surface area contributed by atoms with Gasteiger partial charge in [-0.1, -0.05) is 30.0 Å². The SMILES string of the molecule is CCCSc1nc(N[C@@H]2C[C@@H]2c2ccc(F)c(F)c2)c2nnn([C@@H]3C[C@H](OCCO)[C@H](O)[C@H]3O)c2n1. The van der Waals surface area contributed by atoms with Crippen molar-refractivity contribution in [1.82, 2.24) is 25.0 Å². The van der Waals surface area contributed by atoms with Crippen LogP contribution in [0.5, 0.6) is 0 Å². The molecule has 6 atom stereocenters. The van der Waals surface area contributed by atoms with E-state index in [9.17, 15) is 19.0 Å². The number of anilines is 1. The molecule has 3 aromatic rings. The minimum atomic E-state index is -1.15. The monoisotopic (exact) mass is 522 g/mol. The molecule has 0 unspecified atom stereocenters. The van der Waals surface area contributed by atoms with Gasteiger partial charge in [0.15, 0.2) is 33.8 Å². The number of hydrogen-bond acceptors (Lipinski definition) is 10. The van der Waals surface area contributed by atoms with E-state index >= 15 is 0 Å². The molecule has 0 spiro atoms. The second-order valence-electron chi connectivity index (χ2n) is 9.09. The van der Waals surface area contributed by atoms with Gasteiger partial charge in [0, 0.05) is 24.1 Å². The lowest BCUT2D eigenvalue weighted by atomic mass is 10.1. The minimum absolute atomic E-state index is 0.00291. The van der Waals surface area contributed by atoms with Crippen LogP contribution in [0.15, 0.2) is 23.4 Å². The highest BCUT2D eigenvalue weighted by atomic mass is 32.2. The number of hydrogen-bond donors (Lipinski definition) is 4. The fourth-order valence-corrected chi connectivity index (χ4v) is 5.31. The molecule has 0 aliphatic heterocycles. The largest absolute Gasteiger partial charge is 0.394 e. The van der Waals surface area contributed by atoms with E-state index in [1.807, 2.05) is 0 Å². The maximum Gasteiger partial charge on any atom is 0.191 e. The molecule has 194 valence electrons. The second kappa shape index (κ2) is 10.5. The average molecular weight is 523 g/mol. The highest BCUT2D eigenvalue weighted by Crippen LogP contribution is 2.44. The van der Waals surface area contributed by atoms with Gasteiger partial charge in [0.25, 0.3) is 0 Å². The van der Waals surface area contributed by atoms with Crippen molar-refractivity contribution in [2.75, 3.05) is 24.3 Å². The summed E-state index contributed by atoms with van der Waals surface area (Å²) in [6.07, 6.45) is -1.04. The first-order valence-electron chi connectivity index (χ1n) is 12.0. The summed E-state index contributed by atoms with van der Waals surface area (Å²) >= 11 is 1.48. The summed E-state index contributed by atoms with van der Waals surface area (Å²) in [6.45, 7) is 1.91. The zero-order valence-electron chi connectivity index (χ0n) is 19.6. The molecule has 1 aromatic carbocycles. The Hall–Kier alpha value is -2.45. The number of fused-ring (bicyclic) bond motifs is 1. The number of thioether (sulfide) groups is 1. The van der Waals surface area contributed by atoms with Gasteiger partial charge in [-0.25, -0.2) is 23.4 Å². The molecule has 0 radical (unpaired) electrons. The molecule has 0 saturated heterocycles. The van der Waals surface area contributed by atoms with E-state index < -0.39 is 36.0 Å². The Kier molecular flexibility index (Phi) is 7.35. The van der Waals surface area contributed by atoms with E-state index in [-0.39, 0.29) is 31.6 Å². The first kappa shape index (κ1) is 25.2. The van der Waals surface area contributed by atoms with Crippen LogP contribution in [0, 0.1) is 11.6 Å². The third kappa shape index (κ3) is 4.90. The average Bonchev–Trinajstić information content (AvgIpc) is 3.41. The molecular weight excluding hydrogens is 494 g/mol. The van der Waals surface area contributed by atoms with Crippen LogP contribution in [0.25, 0.3) is 11.2 Å². The molecule has 2 aliphatic rings. The summed E-state index contributed by atoms with van der Waals surface area (Å²) in [4.78, 5) is 9.27. The molecule has 2 fully saturated rings. The molecule has 4 N–H and O–H groups in total. The first-order chi connectivity index (χ1) is 17.4. The second-order valence-corrected chi connectivity index (χ2v) is 10.2. The highest BCUT2D eigenvalue weighted by Gasteiger charge is 2.45. The van der Waals surface area contributed by atoms with Crippen LogP contribution in [-0.4, -0.2) is 83.6 Å². The van der Waals surface area contributed by atoms with Crippen molar-refractivity contribution >= 4 is 28.7 Å². The van der Waals surface area contributed by atoms with Gasteiger partial charge < -0.3 is 25.4 Å². The summed E-state index contributed by atoms with van der Waals surface area (Å²) in [5.41, 5.74) is 1.53. The van der Waals surface area contributed by atoms with Crippen LogP contribution in [0.4, 0.5) is 14.6 Å². The van der Waals surface area contributed by atoms with Crippen molar-refractivity contribution in [3.63, 3.8) is 0 Å². The van der Waals surface area contributed by atoms with Crippen LogP contribution in [0.1, 0.15) is 43.7 Å². The van der Waals surface area contributed by atoms with Crippen LogP contribution in [0.2, 0.25) is 0 Å². The summed E-state index contributed by atoms with van der Waals surface area (Å²) < 4.78 is 34.0. The molecule has 36 heavy (non-hydrogen) atoms. The van der Waals surface area contributed by atoms with Crippen molar-refractivity contribution < 1.29 is 28.8 Å². The smallest absolute Gasteiger partial charge is 0.191 e. The van der Waals surface area contributed by atoms with E-state index in [0.717, 1.165) is 24.7 Å². The highest BCUT2D eigenvalue weighted by molar-refractivity contribution is 7.99. The minimum Gasteiger partial charge on any atom is -0.394 e. The van der Waals surface area contributed by atoms with Gasteiger partial charge in [-0.15, -0.1) is 5.10 Å². The van der Waals surface area contributed by atoms with E-state index in [1.165, 1.54) is 22.5 Å². The Bertz CT molecular complexity index is 1230. The Labute approximate surface area is 210 Å². The Morgan fingerprint density at radius 1 is 1.17 bits per heavy atom.